The Morgan fingerprint density at radius 2 is 2.11 bits per heavy atom. The summed E-state index contributed by atoms with van der Waals surface area (Å²) in [6.45, 7) is 2.35. The number of hydrogen-bond donors (Lipinski definition) is 0. The van der Waals surface area contributed by atoms with Gasteiger partial charge in [0.15, 0.2) is 0 Å². The van der Waals surface area contributed by atoms with Gasteiger partial charge in [-0.05, 0) is 42.4 Å². The van der Waals surface area contributed by atoms with Crippen molar-refractivity contribution in [3.63, 3.8) is 0 Å². The second-order valence-electron chi connectivity index (χ2n) is 6.74. The molecule has 27 heavy (non-hydrogen) atoms. The van der Waals surface area contributed by atoms with Gasteiger partial charge in [-0.3, -0.25) is 9.69 Å². The van der Waals surface area contributed by atoms with Crippen molar-refractivity contribution in [3.8, 4) is 6.07 Å². The lowest BCUT2D eigenvalue weighted by molar-refractivity contribution is -0.140. The van der Waals surface area contributed by atoms with Gasteiger partial charge in [-0.25, -0.2) is 4.39 Å². The first kappa shape index (κ1) is 19.0. The highest BCUT2D eigenvalue weighted by Gasteiger charge is 2.26. The lowest BCUT2D eigenvalue weighted by Gasteiger charge is -2.34. The summed E-state index contributed by atoms with van der Waals surface area (Å²) < 4.78 is 18.9. The highest BCUT2D eigenvalue weighted by molar-refractivity contribution is 5.78. The molecular formula is C21H22FN3O2. The van der Waals surface area contributed by atoms with Gasteiger partial charge < -0.3 is 9.64 Å². The molecule has 1 atom stereocenters. The first-order chi connectivity index (χ1) is 13.0. The molecule has 1 unspecified atom stereocenters. The number of morpholine rings is 1. The van der Waals surface area contributed by atoms with E-state index < -0.39 is 0 Å². The van der Waals surface area contributed by atoms with Crippen LogP contribution in [-0.4, -0.2) is 49.0 Å². The van der Waals surface area contributed by atoms with Crippen LogP contribution in [0.3, 0.4) is 0 Å². The molecule has 0 spiro atoms. The van der Waals surface area contributed by atoms with E-state index >= 15 is 0 Å². The molecule has 0 N–H and O–H groups in total. The van der Waals surface area contributed by atoms with Crippen LogP contribution in [0, 0.1) is 17.1 Å². The van der Waals surface area contributed by atoms with E-state index in [1.165, 1.54) is 12.1 Å². The van der Waals surface area contributed by atoms with Crippen LogP contribution in [0.5, 0.6) is 0 Å². The number of ether oxygens (including phenoxy) is 1. The summed E-state index contributed by atoms with van der Waals surface area (Å²) in [5, 5.41) is 8.99. The number of carbonyl (C=O) groups excluding carboxylic acids is 1. The van der Waals surface area contributed by atoms with Gasteiger partial charge in [0.2, 0.25) is 5.91 Å². The van der Waals surface area contributed by atoms with Crippen molar-refractivity contribution in [2.45, 2.75) is 12.6 Å². The maximum Gasteiger partial charge on any atom is 0.236 e. The van der Waals surface area contributed by atoms with E-state index in [1.54, 1.807) is 23.1 Å². The smallest absolute Gasteiger partial charge is 0.236 e. The van der Waals surface area contributed by atoms with Crippen molar-refractivity contribution in [1.29, 1.82) is 5.26 Å². The molecule has 1 aliphatic rings. The van der Waals surface area contributed by atoms with Crippen molar-refractivity contribution < 1.29 is 13.9 Å². The molecule has 2 aromatic carbocycles. The van der Waals surface area contributed by atoms with Crippen LogP contribution in [-0.2, 0) is 16.1 Å². The molecule has 0 bridgehead atoms. The number of amides is 1. The lowest BCUT2D eigenvalue weighted by Crippen LogP contribution is -2.46. The Morgan fingerprint density at radius 1 is 1.33 bits per heavy atom. The van der Waals surface area contributed by atoms with Gasteiger partial charge in [0.1, 0.15) is 11.9 Å². The van der Waals surface area contributed by atoms with E-state index in [2.05, 4.69) is 6.07 Å². The Balaban J connectivity index is 1.56. The average Bonchev–Trinajstić information content (AvgIpc) is 2.68. The molecule has 0 aliphatic carbocycles. The van der Waals surface area contributed by atoms with Gasteiger partial charge in [-0.1, -0.05) is 24.3 Å². The molecule has 1 aliphatic heterocycles. The number of halogens is 1. The van der Waals surface area contributed by atoms with Gasteiger partial charge in [0, 0.05) is 13.1 Å². The Labute approximate surface area is 158 Å². The minimum atomic E-state index is -0.287. The predicted octanol–water partition coefficient (Wildman–Crippen LogP) is 2.73. The molecule has 0 saturated carbocycles. The number of benzene rings is 2. The Hall–Kier alpha value is -2.75. The van der Waals surface area contributed by atoms with Crippen molar-refractivity contribution in [2.24, 2.45) is 0 Å². The Kier molecular flexibility index (Phi) is 6.17. The molecule has 140 valence electrons. The third-order valence-corrected chi connectivity index (χ3v) is 4.57. The average molecular weight is 367 g/mol. The molecule has 6 heteroatoms. The SMILES string of the molecule is CN(CC(=O)N1CCOC(c2ccc(F)cc2)C1)Cc1cccc(C#N)c1. The van der Waals surface area contributed by atoms with E-state index in [0.29, 0.717) is 31.8 Å². The molecule has 1 saturated heterocycles. The quantitative estimate of drug-likeness (QED) is 0.815. The summed E-state index contributed by atoms with van der Waals surface area (Å²) >= 11 is 0. The van der Waals surface area contributed by atoms with Crippen LogP contribution in [0.15, 0.2) is 48.5 Å². The van der Waals surface area contributed by atoms with Crippen molar-refractivity contribution >= 4 is 5.91 Å². The maximum atomic E-state index is 13.1. The second kappa shape index (κ2) is 8.76. The van der Waals surface area contributed by atoms with Crippen LogP contribution in [0.1, 0.15) is 22.8 Å². The highest BCUT2D eigenvalue weighted by atomic mass is 19.1. The van der Waals surface area contributed by atoms with Gasteiger partial charge >= 0.3 is 0 Å². The molecule has 5 nitrogen and oxygen atoms in total. The zero-order valence-corrected chi connectivity index (χ0v) is 15.3. The number of rotatable bonds is 5. The molecule has 1 heterocycles. The number of nitriles is 1. The van der Waals surface area contributed by atoms with Crippen LogP contribution in [0.4, 0.5) is 4.39 Å². The van der Waals surface area contributed by atoms with Crippen molar-refractivity contribution in [3.05, 3.63) is 71.0 Å². The summed E-state index contributed by atoms with van der Waals surface area (Å²) in [6, 6.07) is 15.7. The van der Waals surface area contributed by atoms with Gasteiger partial charge in [0.25, 0.3) is 0 Å². The topological polar surface area (TPSA) is 56.6 Å². The molecule has 1 fully saturated rings. The predicted molar refractivity (Wildman–Crippen MR) is 99.2 cm³/mol. The fourth-order valence-electron chi connectivity index (χ4n) is 3.19. The monoisotopic (exact) mass is 367 g/mol. The standard InChI is InChI=1S/C21H22FN3O2/c1-24(13-17-4-2-3-16(11-17)12-23)15-21(26)25-9-10-27-20(14-25)18-5-7-19(22)8-6-18/h2-8,11,20H,9-10,13-15H2,1H3. The molecule has 0 aromatic heterocycles. The Bertz CT molecular complexity index is 832. The van der Waals surface area contributed by atoms with Crippen LogP contribution >= 0.6 is 0 Å². The van der Waals surface area contributed by atoms with Crippen molar-refractivity contribution in [1.82, 2.24) is 9.80 Å². The number of likely N-dealkylation sites (N-methyl/N-ethyl adjacent to an activating group) is 1. The van der Waals surface area contributed by atoms with E-state index in [9.17, 15) is 9.18 Å². The van der Waals surface area contributed by atoms with Gasteiger partial charge in [0.05, 0.1) is 31.3 Å². The van der Waals surface area contributed by atoms with Crippen LogP contribution < -0.4 is 0 Å². The third-order valence-electron chi connectivity index (χ3n) is 4.57. The van der Waals surface area contributed by atoms with Gasteiger partial charge in [-0.15, -0.1) is 0 Å². The summed E-state index contributed by atoms with van der Waals surface area (Å²) in [7, 11) is 1.88. The fourth-order valence-corrected chi connectivity index (χ4v) is 3.19. The molecule has 3 rings (SSSR count). The van der Waals surface area contributed by atoms with E-state index in [4.69, 9.17) is 10.00 Å². The maximum absolute atomic E-state index is 13.1. The minimum Gasteiger partial charge on any atom is -0.370 e. The largest absolute Gasteiger partial charge is 0.370 e. The molecular weight excluding hydrogens is 345 g/mol. The first-order valence-electron chi connectivity index (χ1n) is 8.87. The Morgan fingerprint density at radius 3 is 2.85 bits per heavy atom. The minimum absolute atomic E-state index is 0.0318. The fraction of sp³-hybridized carbons (Fsp3) is 0.333. The van der Waals surface area contributed by atoms with Crippen molar-refractivity contribution in [2.75, 3.05) is 33.3 Å². The zero-order chi connectivity index (χ0) is 19.2. The summed E-state index contributed by atoms with van der Waals surface area (Å²) in [4.78, 5) is 16.4. The normalized spacial score (nSPS) is 17.0. The van der Waals surface area contributed by atoms with E-state index in [1.807, 2.05) is 30.1 Å². The number of carbonyl (C=O) groups is 1. The first-order valence-corrected chi connectivity index (χ1v) is 8.87. The lowest BCUT2D eigenvalue weighted by atomic mass is 10.1. The van der Waals surface area contributed by atoms with Gasteiger partial charge in [-0.2, -0.15) is 5.26 Å². The highest BCUT2D eigenvalue weighted by Crippen LogP contribution is 2.22. The van der Waals surface area contributed by atoms with Crippen LogP contribution in [0.2, 0.25) is 0 Å². The number of hydrogen-bond acceptors (Lipinski definition) is 4. The molecule has 0 radical (unpaired) electrons. The zero-order valence-electron chi connectivity index (χ0n) is 15.3. The van der Waals surface area contributed by atoms with Crippen LogP contribution in [0.25, 0.3) is 0 Å². The second-order valence-corrected chi connectivity index (χ2v) is 6.74. The summed E-state index contributed by atoms with van der Waals surface area (Å²) in [5.74, 6) is -0.256. The molecule has 2 aromatic rings. The molecule has 1 amide bonds. The van der Waals surface area contributed by atoms with E-state index in [0.717, 1.165) is 11.1 Å². The summed E-state index contributed by atoms with van der Waals surface area (Å²) in [6.07, 6.45) is -0.235. The van der Waals surface area contributed by atoms with E-state index in [-0.39, 0.29) is 24.4 Å². The number of nitrogens with zero attached hydrogens (tertiary/aromatic N) is 3. The third kappa shape index (κ3) is 5.13. The summed E-state index contributed by atoms with van der Waals surface area (Å²) in [5.41, 5.74) is 2.48.